The second-order valence-corrected chi connectivity index (χ2v) is 6.56. The van der Waals surface area contributed by atoms with E-state index in [4.69, 9.17) is 0 Å². The predicted octanol–water partition coefficient (Wildman–Crippen LogP) is 1.39. The van der Waals surface area contributed by atoms with Crippen LogP contribution >= 0.6 is 0 Å². The van der Waals surface area contributed by atoms with Gasteiger partial charge in [-0.25, -0.2) is 0 Å². The molecule has 0 heterocycles. The van der Waals surface area contributed by atoms with Crippen molar-refractivity contribution in [3.8, 4) is 0 Å². The molecule has 0 bridgehead atoms. The zero-order chi connectivity index (χ0) is 14.5. The molecule has 0 radical (unpaired) electrons. The van der Waals surface area contributed by atoms with Crippen molar-refractivity contribution in [2.45, 2.75) is 47.6 Å². The Balaban J connectivity index is 3.33. The number of aliphatic hydroxyl groups is 1. The van der Waals surface area contributed by atoms with Crippen LogP contribution in [0.15, 0.2) is 0 Å². The summed E-state index contributed by atoms with van der Waals surface area (Å²) in [5.41, 5.74) is -2.15. The maximum atomic E-state index is 12.3. The van der Waals surface area contributed by atoms with Gasteiger partial charge in [0.2, 0.25) is 0 Å². The minimum atomic E-state index is -1.22. The van der Waals surface area contributed by atoms with E-state index in [1.165, 1.54) is 0 Å². The number of hydrogen-bond donors (Lipinski definition) is 1. The maximum Gasteiger partial charge on any atom is 0.159 e. The van der Waals surface area contributed by atoms with Crippen LogP contribution < -0.4 is 0 Å². The molecule has 0 aromatic heterocycles. The Bertz CT molecular complexity index is 376. The van der Waals surface area contributed by atoms with Crippen LogP contribution in [-0.4, -0.2) is 28.6 Å². The Morgan fingerprint density at radius 1 is 1.06 bits per heavy atom. The fourth-order valence-corrected chi connectivity index (χ4v) is 2.63. The van der Waals surface area contributed by atoms with Crippen LogP contribution in [0.3, 0.4) is 0 Å². The van der Waals surface area contributed by atoms with Crippen molar-refractivity contribution < 1.29 is 19.5 Å². The molecule has 4 heteroatoms. The largest absolute Gasteiger partial charge is 0.391 e. The maximum absolute atomic E-state index is 12.3. The van der Waals surface area contributed by atoms with Crippen LogP contribution in [0.1, 0.15) is 41.5 Å². The molecule has 4 nitrogen and oxygen atoms in total. The summed E-state index contributed by atoms with van der Waals surface area (Å²) in [5.74, 6) is -2.86. The molecule has 102 valence electrons. The van der Waals surface area contributed by atoms with Gasteiger partial charge in [-0.2, -0.15) is 0 Å². The Hall–Kier alpha value is -1.03. The molecule has 0 spiro atoms. The molecule has 0 aromatic rings. The molecule has 1 N–H and O–H groups in total. The van der Waals surface area contributed by atoms with E-state index in [0.29, 0.717) is 0 Å². The van der Waals surface area contributed by atoms with E-state index in [2.05, 4.69) is 0 Å². The van der Waals surface area contributed by atoms with Gasteiger partial charge in [0, 0.05) is 5.92 Å². The molecular formula is C14H22O4. The van der Waals surface area contributed by atoms with Gasteiger partial charge in [-0.15, -0.1) is 0 Å². The topological polar surface area (TPSA) is 71.4 Å². The van der Waals surface area contributed by atoms with E-state index < -0.39 is 34.4 Å². The van der Waals surface area contributed by atoms with Gasteiger partial charge in [-0.3, -0.25) is 14.4 Å². The van der Waals surface area contributed by atoms with Crippen molar-refractivity contribution in [1.82, 2.24) is 0 Å². The zero-order valence-electron chi connectivity index (χ0n) is 11.9. The first-order chi connectivity index (χ1) is 7.95. The molecule has 1 rings (SSSR count). The molecule has 0 unspecified atom stereocenters. The van der Waals surface area contributed by atoms with Gasteiger partial charge in [0.25, 0.3) is 0 Å². The van der Waals surface area contributed by atoms with E-state index in [1.807, 2.05) is 0 Å². The smallest absolute Gasteiger partial charge is 0.159 e. The van der Waals surface area contributed by atoms with Gasteiger partial charge >= 0.3 is 0 Å². The summed E-state index contributed by atoms with van der Waals surface area (Å²) < 4.78 is 0. The molecule has 1 fully saturated rings. The lowest BCUT2D eigenvalue weighted by Crippen LogP contribution is -2.61. The summed E-state index contributed by atoms with van der Waals surface area (Å²) in [7, 11) is 0. The molecule has 0 aromatic carbocycles. The molecule has 0 saturated heterocycles. The Labute approximate surface area is 108 Å². The van der Waals surface area contributed by atoms with Crippen LogP contribution in [0, 0.1) is 22.7 Å². The molecule has 0 atom stereocenters. The average molecular weight is 254 g/mol. The van der Waals surface area contributed by atoms with Crippen LogP contribution in [0.25, 0.3) is 0 Å². The quantitative estimate of drug-likeness (QED) is 0.756. The Morgan fingerprint density at radius 3 is 1.67 bits per heavy atom. The first-order valence-electron chi connectivity index (χ1n) is 6.26. The van der Waals surface area contributed by atoms with E-state index in [9.17, 15) is 19.5 Å². The first kappa shape index (κ1) is 15.0. The molecule has 1 aliphatic rings. The second-order valence-electron chi connectivity index (χ2n) is 6.56. The summed E-state index contributed by atoms with van der Waals surface area (Å²) >= 11 is 0. The second kappa shape index (κ2) is 4.26. The van der Waals surface area contributed by atoms with Crippen molar-refractivity contribution >= 4 is 17.3 Å². The van der Waals surface area contributed by atoms with Crippen molar-refractivity contribution in [2.24, 2.45) is 22.7 Å². The number of carbonyl (C=O) groups is 3. The monoisotopic (exact) mass is 254 g/mol. The highest BCUT2D eigenvalue weighted by atomic mass is 16.3. The number of Topliss-reactive ketones (excluding diaryl/α,β-unsaturated/α-hetero) is 3. The number of aliphatic hydroxyl groups excluding tert-OH is 1. The molecule has 1 saturated carbocycles. The molecule has 18 heavy (non-hydrogen) atoms. The van der Waals surface area contributed by atoms with Crippen LogP contribution in [0.2, 0.25) is 0 Å². The lowest BCUT2D eigenvalue weighted by molar-refractivity contribution is -0.169. The first-order valence-corrected chi connectivity index (χ1v) is 6.26. The van der Waals surface area contributed by atoms with Gasteiger partial charge in [0.05, 0.1) is 16.9 Å². The van der Waals surface area contributed by atoms with Gasteiger partial charge in [-0.05, 0) is 0 Å². The molecule has 0 amide bonds. The van der Waals surface area contributed by atoms with Gasteiger partial charge in [-0.1, -0.05) is 41.5 Å². The summed E-state index contributed by atoms with van der Waals surface area (Å²) in [6.07, 6.45) is -1.07. The highest BCUT2D eigenvalue weighted by Crippen LogP contribution is 2.44. The Kier molecular flexibility index (Phi) is 3.56. The summed E-state index contributed by atoms with van der Waals surface area (Å²) in [6, 6.07) is 0. The van der Waals surface area contributed by atoms with Crippen LogP contribution in [0.5, 0.6) is 0 Å². The van der Waals surface area contributed by atoms with Crippen LogP contribution in [0.4, 0.5) is 0 Å². The summed E-state index contributed by atoms with van der Waals surface area (Å²) in [6.45, 7) is 9.72. The molecular weight excluding hydrogens is 232 g/mol. The third-order valence-corrected chi connectivity index (χ3v) is 4.02. The SMILES string of the molecule is CC(C)C(=O)C1C(=O)C(C)(C)C(O)C(C)(C)C1=O. The summed E-state index contributed by atoms with van der Waals surface area (Å²) in [4.78, 5) is 36.7. The van der Waals surface area contributed by atoms with Crippen LogP contribution in [-0.2, 0) is 14.4 Å². The van der Waals surface area contributed by atoms with E-state index in [0.717, 1.165) is 0 Å². The third kappa shape index (κ3) is 1.92. The molecule has 1 aliphatic carbocycles. The van der Waals surface area contributed by atoms with E-state index in [1.54, 1.807) is 41.5 Å². The molecule has 0 aliphatic heterocycles. The van der Waals surface area contributed by atoms with E-state index >= 15 is 0 Å². The van der Waals surface area contributed by atoms with Crippen molar-refractivity contribution in [1.29, 1.82) is 0 Å². The van der Waals surface area contributed by atoms with Crippen molar-refractivity contribution in [2.75, 3.05) is 0 Å². The van der Waals surface area contributed by atoms with Gasteiger partial charge in [0.15, 0.2) is 17.3 Å². The Morgan fingerprint density at radius 2 is 1.39 bits per heavy atom. The van der Waals surface area contributed by atoms with Crippen molar-refractivity contribution in [3.05, 3.63) is 0 Å². The zero-order valence-corrected chi connectivity index (χ0v) is 11.9. The van der Waals surface area contributed by atoms with Gasteiger partial charge < -0.3 is 5.11 Å². The van der Waals surface area contributed by atoms with Gasteiger partial charge in [0.1, 0.15) is 5.92 Å². The van der Waals surface area contributed by atoms with Crippen molar-refractivity contribution in [3.63, 3.8) is 0 Å². The fraction of sp³-hybridized carbons (Fsp3) is 0.786. The highest BCUT2D eigenvalue weighted by Gasteiger charge is 2.59. The minimum Gasteiger partial charge on any atom is -0.391 e. The lowest BCUT2D eigenvalue weighted by atomic mass is 9.56. The number of rotatable bonds is 2. The lowest BCUT2D eigenvalue weighted by Gasteiger charge is -2.46. The number of ketones is 3. The predicted molar refractivity (Wildman–Crippen MR) is 66.9 cm³/mol. The fourth-order valence-electron chi connectivity index (χ4n) is 2.63. The summed E-state index contributed by atoms with van der Waals surface area (Å²) in [5, 5.41) is 10.2. The average Bonchev–Trinajstić information content (AvgIpc) is 2.25. The normalized spacial score (nSPS) is 30.7. The third-order valence-electron chi connectivity index (χ3n) is 4.02. The number of hydrogen-bond acceptors (Lipinski definition) is 4. The number of carbonyl (C=O) groups excluding carboxylic acids is 3. The van der Waals surface area contributed by atoms with E-state index in [-0.39, 0.29) is 11.7 Å². The minimum absolute atomic E-state index is 0.349. The standard InChI is InChI=1S/C14H22O4/c1-7(2)9(15)8-10(16)13(3,4)12(18)14(5,6)11(8)17/h7-8,12,18H,1-6H3. The highest BCUT2D eigenvalue weighted by molar-refractivity contribution is 6.24.